The number of carbonyl (C=O) groups excluding carboxylic acids is 1. The highest BCUT2D eigenvalue weighted by atomic mass is 16.4. The summed E-state index contributed by atoms with van der Waals surface area (Å²) >= 11 is 0. The van der Waals surface area contributed by atoms with E-state index >= 15 is 0 Å². The van der Waals surface area contributed by atoms with Crippen LogP contribution < -0.4 is 5.11 Å². The van der Waals surface area contributed by atoms with E-state index in [0.717, 1.165) is 35.6 Å². The summed E-state index contributed by atoms with van der Waals surface area (Å²) in [6, 6.07) is 16.6. The van der Waals surface area contributed by atoms with Crippen molar-refractivity contribution in [3.05, 3.63) is 65.9 Å². The lowest BCUT2D eigenvalue weighted by atomic mass is 9.86. The molecule has 1 atom stereocenters. The van der Waals surface area contributed by atoms with Crippen LogP contribution in [0.25, 0.3) is 16.9 Å². The Morgan fingerprint density at radius 2 is 1.80 bits per heavy atom. The molecule has 1 aliphatic heterocycles. The number of likely N-dealkylation sites (tertiary alicyclic amines) is 1. The maximum absolute atomic E-state index is 11.0. The lowest BCUT2D eigenvalue weighted by molar-refractivity contribution is -0.311. The maximum atomic E-state index is 11.0. The van der Waals surface area contributed by atoms with E-state index in [1.807, 2.05) is 18.3 Å². The van der Waals surface area contributed by atoms with Gasteiger partial charge in [-0.05, 0) is 41.6 Å². The van der Waals surface area contributed by atoms with Crippen molar-refractivity contribution in [1.82, 2.24) is 19.9 Å². The Morgan fingerprint density at radius 1 is 1.10 bits per heavy atom. The fraction of sp³-hybridized carbons (Fsp3) is 0.375. The topological polar surface area (TPSA) is 74.1 Å². The number of carboxylic acid groups (broad SMARTS) is 1. The Hall–Kier alpha value is -2.99. The molecule has 2 heterocycles. The summed E-state index contributed by atoms with van der Waals surface area (Å²) in [5, 5.41) is 19.6. The smallest absolute Gasteiger partial charge is 0.113 e. The molecule has 6 nitrogen and oxygen atoms in total. The van der Waals surface area contributed by atoms with Crippen LogP contribution >= 0.6 is 0 Å². The molecular weight excluding hydrogens is 376 g/mol. The van der Waals surface area contributed by atoms with Gasteiger partial charge >= 0.3 is 0 Å². The van der Waals surface area contributed by atoms with Gasteiger partial charge in [0.1, 0.15) is 5.69 Å². The molecule has 0 spiro atoms. The molecule has 0 bridgehead atoms. The molecule has 4 rings (SSSR count). The maximum Gasteiger partial charge on any atom is 0.113 e. The summed E-state index contributed by atoms with van der Waals surface area (Å²) in [5.74, 6) is -1.29. The van der Waals surface area contributed by atoms with Crippen LogP contribution in [-0.4, -0.2) is 39.0 Å². The van der Waals surface area contributed by atoms with Crippen molar-refractivity contribution in [1.29, 1.82) is 0 Å². The summed E-state index contributed by atoms with van der Waals surface area (Å²) < 4.78 is 1.78. The first-order chi connectivity index (χ1) is 14.3. The zero-order valence-electron chi connectivity index (χ0n) is 17.7. The zero-order chi connectivity index (χ0) is 21.3. The van der Waals surface area contributed by atoms with Crippen LogP contribution in [0, 0.1) is 5.92 Å². The average Bonchev–Trinajstić information content (AvgIpc) is 3.38. The second-order valence-electron chi connectivity index (χ2n) is 9.08. The Balaban J connectivity index is 1.43. The fourth-order valence-corrected chi connectivity index (χ4v) is 3.84. The number of rotatable bonds is 5. The van der Waals surface area contributed by atoms with Crippen LogP contribution in [0.15, 0.2) is 54.7 Å². The van der Waals surface area contributed by atoms with Gasteiger partial charge in [-0.25, -0.2) is 4.68 Å². The van der Waals surface area contributed by atoms with Crippen LogP contribution in [-0.2, 0) is 16.8 Å². The first-order valence-electron chi connectivity index (χ1n) is 10.4. The summed E-state index contributed by atoms with van der Waals surface area (Å²) in [4.78, 5) is 13.2. The Kier molecular flexibility index (Phi) is 5.43. The van der Waals surface area contributed by atoms with Gasteiger partial charge in [0.25, 0.3) is 0 Å². The number of carbonyl (C=O) groups is 1. The SMILES string of the molecule is CC(C)(C)c1ccc(-c2cn(-c3ccc(CN4CCC(C(=O)[O-])C4)cc3)nn2)cc1. The van der Waals surface area contributed by atoms with E-state index in [0.29, 0.717) is 13.0 Å². The molecule has 1 unspecified atom stereocenters. The molecule has 1 aromatic heterocycles. The standard InChI is InChI=1S/C24H28N4O2/c1-24(2,3)20-8-6-18(7-9-20)22-16-28(26-25-22)21-10-4-17(5-11-21)14-27-13-12-19(15-27)23(29)30/h4-11,16,19H,12-15H2,1-3H3,(H,29,30)/p-1. The molecule has 0 aliphatic carbocycles. The molecule has 156 valence electrons. The molecule has 30 heavy (non-hydrogen) atoms. The van der Waals surface area contributed by atoms with Crippen LogP contribution in [0.5, 0.6) is 0 Å². The molecule has 0 amide bonds. The van der Waals surface area contributed by atoms with Gasteiger partial charge in [0, 0.05) is 30.5 Å². The van der Waals surface area contributed by atoms with Crippen molar-refractivity contribution in [2.24, 2.45) is 5.92 Å². The predicted molar refractivity (Wildman–Crippen MR) is 114 cm³/mol. The van der Waals surface area contributed by atoms with E-state index in [-0.39, 0.29) is 11.3 Å². The van der Waals surface area contributed by atoms with E-state index < -0.39 is 5.97 Å². The monoisotopic (exact) mass is 403 g/mol. The number of benzene rings is 2. The van der Waals surface area contributed by atoms with Crippen LogP contribution in [0.1, 0.15) is 38.3 Å². The van der Waals surface area contributed by atoms with E-state index in [1.165, 1.54) is 5.56 Å². The van der Waals surface area contributed by atoms with E-state index in [2.05, 4.69) is 72.4 Å². The van der Waals surface area contributed by atoms with Gasteiger partial charge in [-0.1, -0.05) is 62.4 Å². The van der Waals surface area contributed by atoms with Gasteiger partial charge in [-0.2, -0.15) is 0 Å². The minimum Gasteiger partial charge on any atom is -0.550 e. The van der Waals surface area contributed by atoms with Crippen molar-refractivity contribution in [2.45, 2.75) is 39.2 Å². The fourth-order valence-electron chi connectivity index (χ4n) is 3.84. The molecule has 1 aliphatic rings. The highest BCUT2D eigenvalue weighted by molar-refractivity contribution is 5.68. The number of carboxylic acids is 1. The van der Waals surface area contributed by atoms with Crippen molar-refractivity contribution in [2.75, 3.05) is 13.1 Å². The minimum absolute atomic E-state index is 0.123. The van der Waals surface area contributed by atoms with Crippen molar-refractivity contribution >= 4 is 5.97 Å². The quantitative estimate of drug-likeness (QED) is 0.655. The van der Waals surface area contributed by atoms with Gasteiger partial charge in [0.05, 0.1) is 11.9 Å². The van der Waals surface area contributed by atoms with Crippen molar-refractivity contribution < 1.29 is 9.90 Å². The minimum atomic E-state index is -0.942. The average molecular weight is 404 g/mol. The summed E-state index contributed by atoms with van der Waals surface area (Å²) in [6.45, 7) is 8.70. The first kappa shape index (κ1) is 20.3. The van der Waals surface area contributed by atoms with Gasteiger partial charge in [-0.3, -0.25) is 4.90 Å². The van der Waals surface area contributed by atoms with Crippen molar-refractivity contribution in [3.8, 4) is 16.9 Å². The van der Waals surface area contributed by atoms with Gasteiger partial charge in [0.15, 0.2) is 0 Å². The first-order valence-corrected chi connectivity index (χ1v) is 10.4. The van der Waals surface area contributed by atoms with Crippen LogP contribution in [0.4, 0.5) is 0 Å². The molecule has 1 saturated heterocycles. The largest absolute Gasteiger partial charge is 0.550 e. The molecule has 0 N–H and O–H groups in total. The summed E-state index contributed by atoms with van der Waals surface area (Å²) in [5.41, 5.74) is 5.39. The number of nitrogens with zero attached hydrogens (tertiary/aromatic N) is 4. The highest BCUT2D eigenvalue weighted by Gasteiger charge is 2.23. The van der Waals surface area contributed by atoms with E-state index in [1.54, 1.807) is 4.68 Å². The lowest BCUT2D eigenvalue weighted by Gasteiger charge is -2.18. The lowest BCUT2D eigenvalue weighted by Crippen LogP contribution is -2.33. The van der Waals surface area contributed by atoms with Gasteiger partial charge < -0.3 is 9.90 Å². The molecule has 1 fully saturated rings. The van der Waals surface area contributed by atoms with Crippen molar-refractivity contribution in [3.63, 3.8) is 0 Å². The summed E-state index contributed by atoms with van der Waals surface area (Å²) in [6.07, 6.45) is 2.60. The summed E-state index contributed by atoms with van der Waals surface area (Å²) in [7, 11) is 0. The number of hydrogen-bond donors (Lipinski definition) is 0. The third-order valence-electron chi connectivity index (χ3n) is 5.75. The molecular formula is C24H27N4O2-. The second kappa shape index (κ2) is 8.03. The normalized spacial score (nSPS) is 17.4. The predicted octanol–water partition coefficient (Wildman–Crippen LogP) is 2.80. The molecule has 0 radical (unpaired) electrons. The van der Waals surface area contributed by atoms with E-state index in [9.17, 15) is 9.90 Å². The third kappa shape index (κ3) is 4.44. The Morgan fingerprint density at radius 3 is 2.40 bits per heavy atom. The molecule has 0 saturated carbocycles. The highest BCUT2D eigenvalue weighted by Crippen LogP contribution is 2.25. The zero-order valence-corrected chi connectivity index (χ0v) is 17.7. The van der Waals surface area contributed by atoms with E-state index in [4.69, 9.17) is 0 Å². The number of hydrogen-bond acceptors (Lipinski definition) is 5. The third-order valence-corrected chi connectivity index (χ3v) is 5.75. The molecule has 3 aromatic rings. The molecule has 6 heteroatoms. The second-order valence-corrected chi connectivity index (χ2v) is 9.08. The number of aromatic nitrogens is 3. The van der Waals surface area contributed by atoms with Gasteiger partial charge in [0.2, 0.25) is 0 Å². The van der Waals surface area contributed by atoms with Crippen LogP contribution in [0.2, 0.25) is 0 Å². The van der Waals surface area contributed by atoms with Gasteiger partial charge in [-0.15, -0.1) is 5.10 Å². The van der Waals surface area contributed by atoms with Crippen LogP contribution in [0.3, 0.4) is 0 Å². The Labute approximate surface area is 177 Å². The Bertz CT molecular complexity index is 1020. The molecule has 2 aromatic carbocycles. The number of aliphatic carboxylic acids is 1.